The Bertz CT molecular complexity index is 500. The van der Waals surface area contributed by atoms with E-state index in [-0.39, 0.29) is 23.7 Å². The Morgan fingerprint density at radius 3 is 2.39 bits per heavy atom. The lowest BCUT2D eigenvalue weighted by Crippen LogP contribution is -2.35. The first kappa shape index (κ1) is 15.1. The van der Waals surface area contributed by atoms with Gasteiger partial charge in [-0.2, -0.15) is 0 Å². The van der Waals surface area contributed by atoms with E-state index in [0.29, 0.717) is 5.56 Å². The van der Waals surface area contributed by atoms with Gasteiger partial charge in [0.1, 0.15) is 4.66 Å². The van der Waals surface area contributed by atoms with Crippen LogP contribution in [-0.4, -0.2) is 32.1 Å². The molecular weight excluding hydrogens is 320 g/mol. The Hall–Kier alpha value is -0.920. The molecule has 0 atom stereocenters. The van der Waals surface area contributed by atoms with Gasteiger partial charge < -0.3 is 5.32 Å². The van der Waals surface area contributed by atoms with Gasteiger partial charge in [0.25, 0.3) is 5.91 Å². The van der Waals surface area contributed by atoms with Crippen LogP contribution in [0.4, 0.5) is 0 Å². The quantitative estimate of drug-likeness (QED) is 0.602. The van der Waals surface area contributed by atoms with Gasteiger partial charge in [-0.15, -0.1) is 0 Å². The van der Waals surface area contributed by atoms with Gasteiger partial charge in [-0.25, -0.2) is 13.1 Å². The highest BCUT2D eigenvalue weighted by molar-refractivity contribution is 9.10. The van der Waals surface area contributed by atoms with Crippen molar-refractivity contribution in [3.63, 3.8) is 0 Å². The topological polar surface area (TPSA) is 75.3 Å². The summed E-state index contributed by atoms with van der Waals surface area (Å²) in [4.78, 5) is 11.7. The van der Waals surface area contributed by atoms with E-state index in [2.05, 4.69) is 26.0 Å². The van der Waals surface area contributed by atoms with E-state index >= 15 is 0 Å². The van der Waals surface area contributed by atoms with E-state index in [1.54, 1.807) is 12.1 Å². The van der Waals surface area contributed by atoms with E-state index in [4.69, 9.17) is 0 Å². The first-order chi connectivity index (χ1) is 8.44. The van der Waals surface area contributed by atoms with Crippen molar-refractivity contribution in [1.29, 1.82) is 0 Å². The van der Waals surface area contributed by atoms with Crippen molar-refractivity contribution >= 4 is 31.9 Å². The Kier molecular flexibility index (Phi) is 5.77. The third kappa shape index (κ3) is 5.16. The van der Waals surface area contributed by atoms with Crippen LogP contribution in [0.3, 0.4) is 0 Å². The normalized spacial score (nSPS) is 11.2. The van der Waals surface area contributed by atoms with Gasteiger partial charge in [-0.05, 0) is 19.1 Å². The lowest BCUT2D eigenvalue weighted by molar-refractivity contribution is 0.0954. The molecule has 0 saturated carbocycles. The summed E-state index contributed by atoms with van der Waals surface area (Å²) in [6.45, 7) is 2.36. The lowest BCUT2D eigenvalue weighted by Gasteiger charge is -2.06. The van der Waals surface area contributed by atoms with Gasteiger partial charge in [-0.3, -0.25) is 4.79 Å². The van der Waals surface area contributed by atoms with Crippen LogP contribution in [0.15, 0.2) is 24.3 Å². The molecule has 2 N–H and O–H groups in total. The summed E-state index contributed by atoms with van der Waals surface area (Å²) in [6.07, 6.45) is 0. The van der Waals surface area contributed by atoms with Crippen molar-refractivity contribution in [3.05, 3.63) is 35.4 Å². The minimum Gasteiger partial charge on any atom is -0.351 e. The molecule has 0 saturated heterocycles. The first-order valence-corrected chi connectivity index (χ1v) is 8.10. The molecule has 0 unspecified atom stereocenters. The second-order valence-corrected chi connectivity index (χ2v) is 6.85. The molecule has 18 heavy (non-hydrogen) atoms. The summed E-state index contributed by atoms with van der Waals surface area (Å²) in [5, 5.41) is 2.63. The number of rotatable bonds is 6. The summed E-state index contributed by atoms with van der Waals surface area (Å²) in [7, 11) is -3.27. The van der Waals surface area contributed by atoms with Gasteiger partial charge in [0.05, 0.1) is 0 Å². The van der Waals surface area contributed by atoms with Gasteiger partial charge in [0.15, 0.2) is 0 Å². The monoisotopic (exact) mass is 334 g/mol. The van der Waals surface area contributed by atoms with E-state index in [9.17, 15) is 13.2 Å². The molecule has 100 valence electrons. The fourth-order valence-electron chi connectivity index (χ4n) is 1.23. The highest BCUT2D eigenvalue weighted by atomic mass is 79.9. The predicted octanol–water partition coefficient (Wildman–Crippen LogP) is 0.997. The molecule has 0 radical (unpaired) electrons. The molecule has 1 aromatic carbocycles. The van der Waals surface area contributed by atoms with Crippen molar-refractivity contribution in [1.82, 2.24) is 10.0 Å². The molecule has 0 fully saturated rings. The van der Waals surface area contributed by atoms with Crippen LogP contribution in [-0.2, 0) is 10.0 Å². The van der Waals surface area contributed by atoms with E-state index in [1.165, 1.54) is 0 Å². The SMILES string of the molecule is Cc1ccc(C(=O)NCCNS(=O)(=O)CBr)cc1. The van der Waals surface area contributed by atoms with Crippen LogP contribution in [0.5, 0.6) is 0 Å². The average molecular weight is 335 g/mol. The van der Waals surface area contributed by atoms with Gasteiger partial charge >= 0.3 is 0 Å². The Labute approximate surface area is 115 Å². The van der Waals surface area contributed by atoms with Crippen molar-refractivity contribution in [2.45, 2.75) is 6.92 Å². The van der Waals surface area contributed by atoms with Crippen molar-refractivity contribution in [2.75, 3.05) is 17.8 Å². The standard InChI is InChI=1S/C11H15BrN2O3S/c1-9-2-4-10(5-3-9)11(15)13-6-7-14-18(16,17)8-12/h2-5,14H,6-8H2,1H3,(H,13,15). The summed E-state index contributed by atoms with van der Waals surface area (Å²) < 4.78 is 24.3. The number of sulfonamides is 1. The maximum atomic E-state index is 11.7. The second kappa shape index (κ2) is 6.86. The zero-order chi connectivity index (χ0) is 13.6. The van der Waals surface area contributed by atoms with Crippen LogP contribution < -0.4 is 10.0 Å². The fraction of sp³-hybridized carbons (Fsp3) is 0.364. The maximum Gasteiger partial charge on any atom is 0.251 e. The summed E-state index contributed by atoms with van der Waals surface area (Å²) in [5.41, 5.74) is 1.64. The van der Waals surface area contributed by atoms with E-state index in [0.717, 1.165) is 5.56 Å². The van der Waals surface area contributed by atoms with Crippen molar-refractivity contribution in [2.24, 2.45) is 0 Å². The number of nitrogens with one attached hydrogen (secondary N) is 2. The number of hydrogen-bond acceptors (Lipinski definition) is 3. The summed E-state index contributed by atoms with van der Waals surface area (Å²) in [5.74, 6) is -0.215. The molecule has 0 aliphatic rings. The maximum absolute atomic E-state index is 11.7. The van der Waals surface area contributed by atoms with Crippen LogP contribution >= 0.6 is 15.9 Å². The Balaban J connectivity index is 2.36. The smallest absolute Gasteiger partial charge is 0.251 e. The number of hydrogen-bond donors (Lipinski definition) is 2. The lowest BCUT2D eigenvalue weighted by atomic mass is 10.1. The molecule has 0 aliphatic heterocycles. The molecule has 0 spiro atoms. The predicted molar refractivity (Wildman–Crippen MR) is 74.2 cm³/mol. The number of aryl methyl sites for hydroxylation is 1. The second-order valence-electron chi connectivity index (χ2n) is 3.74. The zero-order valence-corrected chi connectivity index (χ0v) is 12.3. The molecule has 5 nitrogen and oxygen atoms in total. The average Bonchev–Trinajstić information content (AvgIpc) is 2.35. The van der Waals surface area contributed by atoms with Gasteiger partial charge in [-0.1, -0.05) is 33.6 Å². The molecule has 0 aromatic heterocycles. The third-order valence-electron chi connectivity index (χ3n) is 2.19. The highest BCUT2D eigenvalue weighted by Crippen LogP contribution is 2.02. The number of carbonyl (C=O) groups excluding carboxylic acids is 1. The molecule has 1 amide bonds. The number of benzene rings is 1. The summed E-state index contributed by atoms with van der Waals surface area (Å²) in [6, 6.07) is 7.16. The third-order valence-corrected chi connectivity index (χ3v) is 4.93. The van der Waals surface area contributed by atoms with Crippen molar-refractivity contribution < 1.29 is 13.2 Å². The Morgan fingerprint density at radius 2 is 1.83 bits per heavy atom. The number of alkyl halides is 1. The van der Waals surface area contributed by atoms with E-state index < -0.39 is 10.0 Å². The van der Waals surface area contributed by atoms with E-state index in [1.807, 2.05) is 19.1 Å². The summed E-state index contributed by atoms with van der Waals surface area (Å²) >= 11 is 2.86. The number of halogens is 1. The van der Waals surface area contributed by atoms with Crippen LogP contribution in [0.1, 0.15) is 15.9 Å². The molecule has 1 rings (SSSR count). The minimum atomic E-state index is -3.27. The number of carbonyl (C=O) groups is 1. The minimum absolute atomic E-state index is 0.147. The molecule has 0 heterocycles. The molecule has 7 heteroatoms. The first-order valence-electron chi connectivity index (χ1n) is 5.33. The van der Waals surface area contributed by atoms with Crippen LogP contribution in [0.25, 0.3) is 0 Å². The largest absolute Gasteiger partial charge is 0.351 e. The van der Waals surface area contributed by atoms with Gasteiger partial charge in [0.2, 0.25) is 10.0 Å². The Morgan fingerprint density at radius 1 is 1.22 bits per heavy atom. The molecule has 1 aromatic rings. The van der Waals surface area contributed by atoms with Gasteiger partial charge in [0, 0.05) is 18.7 Å². The zero-order valence-electron chi connectivity index (χ0n) is 9.94. The van der Waals surface area contributed by atoms with Crippen LogP contribution in [0.2, 0.25) is 0 Å². The fourth-order valence-corrected chi connectivity index (χ4v) is 2.20. The number of amides is 1. The van der Waals surface area contributed by atoms with Crippen LogP contribution in [0, 0.1) is 6.92 Å². The molecule has 0 aliphatic carbocycles. The highest BCUT2D eigenvalue weighted by Gasteiger charge is 2.07. The van der Waals surface area contributed by atoms with Crippen molar-refractivity contribution in [3.8, 4) is 0 Å². The molecule has 0 bridgehead atoms. The molecular formula is C11H15BrN2O3S.